The average Bonchev–Trinajstić information content (AvgIpc) is 2.37. The molecule has 0 saturated carbocycles. The highest BCUT2D eigenvalue weighted by Gasteiger charge is 2.15. The number of hydrogen-bond donors (Lipinski definition) is 0. The predicted octanol–water partition coefficient (Wildman–Crippen LogP) is 4.26. The monoisotopic (exact) mass is 296 g/mol. The van der Waals surface area contributed by atoms with Gasteiger partial charge in [-0.15, -0.1) is 11.8 Å². The van der Waals surface area contributed by atoms with Crippen LogP contribution >= 0.6 is 23.4 Å². The van der Waals surface area contributed by atoms with E-state index in [0.717, 1.165) is 16.0 Å². The van der Waals surface area contributed by atoms with E-state index in [1.807, 2.05) is 19.3 Å². The number of nitro benzene ring substituents is 1. The first kappa shape index (κ1) is 15.5. The first-order chi connectivity index (χ1) is 8.99. The first-order valence-corrected chi connectivity index (χ1v) is 7.13. The molecule has 1 aromatic rings. The third kappa shape index (κ3) is 4.27. The number of thioether (sulfide) groups is 1. The van der Waals surface area contributed by atoms with Gasteiger partial charge >= 0.3 is 0 Å². The Labute approximate surface area is 121 Å². The van der Waals surface area contributed by atoms with Crippen molar-refractivity contribution in [2.45, 2.75) is 19.8 Å². The minimum absolute atomic E-state index is 0.0744. The maximum Gasteiger partial charge on any atom is 0.288 e. The summed E-state index contributed by atoms with van der Waals surface area (Å²) in [5, 5.41) is 19.5. The van der Waals surface area contributed by atoms with Crippen molar-refractivity contribution in [3.63, 3.8) is 0 Å². The molecule has 6 heteroatoms. The van der Waals surface area contributed by atoms with Crippen LogP contribution in [0.15, 0.2) is 23.1 Å². The Morgan fingerprint density at radius 1 is 1.63 bits per heavy atom. The van der Waals surface area contributed by atoms with E-state index in [-0.39, 0.29) is 10.7 Å². The molecular formula is C13H13ClN2O2S. The molecule has 0 unspecified atom stereocenters. The molecule has 0 aliphatic heterocycles. The summed E-state index contributed by atoms with van der Waals surface area (Å²) in [4.78, 5) is 11.3. The summed E-state index contributed by atoms with van der Waals surface area (Å²) in [5.74, 6) is 0. The number of rotatable bonds is 5. The molecule has 0 radical (unpaired) electrons. The fraction of sp³-hybridized carbons (Fsp3) is 0.308. The zero-order valence-corrected chi connectivity index (χ0v) is 12.2. The van der Waals surface area contributed by atoms with Gasteiger partial charge < -0.3 is 0 Å². The summed E-state index contributed by atoms with van der Waals surface area (Å²) < 4.78 is 0. The van der Waals surface area contributed by atoms with E-state index < -0.39 is 4.92 Å². The summed E-state index contributed by atoms with van der Waals surface area (Å²) in [5.41, 5.74) is 1.69. The molecular weight excluding hydrogens is 284 g/mol. The molecule has 0 fully saturated rings. The van der Waals surface area contributed by atoms with Crippen LogP contribution in [0, 0.1) is 28.4 Å². The van der Waals surface area contributed by atoms with Crippen LogP contribution in [0.3, 0.4) is 0 Å². The number of nitro groups is 1. The summed E-state index contributed by atoms with van der Waals surface area (Å²) in [6.07, 6.45) is 4.79. The van der Waals surface area contributed by atoms with Gasteiger partial charge in [-0.2, -0.15) is 5.26 Å². The largest absolute Gasteiger partial charge is 0.288 e. The van der Waals surface area contributed by atoms with Crippen molar-refractivity contribution in [2.24, 2.45) is 0 Å². The minimum atomic E-state index is -0.486. The Kier molecular flexibility index (Phi) is 5.87. The van der Waals surface area contributed by atoms with E-state index in [0.29, 0.717) is 12.8 Å². The van der Waals surface area contributed by atoms with Crippen molar-refractivity contribution in [1.29, 1.82) is 5.26 Å². The van der Waals surface area contributed by atoms with Crippen LogP contribution in [0.4, 0.5) is 5.69 Å². The third-order valence-electron chi connectivity index (χ3n) is 2.65. The smallest absolute Gasteiger partial charge is 0.258 e. The van der Waals surface area contributed by atoms with Gasteiger partial charge in [0.25, 0.3) is 5.69 Å². The lowest BCUT2D eigenvalue weighted by atomic mass is 10.0. The molecule has 0 aliphatic carbocycles. The van der Waals surface area contributed by atoms with E-state index in [1.54, 1.807) is 17.8 Å². The molecule has 19 heavy (non-hydrogen) atoms. The molecule has 0 amide bonds. The Morgan fingerprint density at radius 3 is 2.84 bits per heavy atom. The zero-order chi connectivity index (χ0) is 14.4. The van der Waals surface area contributed by atoms with Crippen LogP contribution in [0.25, 0.3) is 0 Å². The summed E-state index contributed by atoms with van der Waals surface area (Å²) in [6.45, 7) is 1.82. The Hall–Kier alpha value is -1.51. The van der Waals surface area contributed by atoms with Gasteiger partial charge in [0, 0.05) is 12.5 Å². The number of aryl methyl sites for hydroxylation is 1. The van der Waals surface area contributed by atoms with Crippen LogP contribution < -0.4 is 0 Å². The lowest BCUT2D eigenvalue weighted by Crippen LogP contribution is -1.96. The Bertz CT molecular complexity index is 564. The second kappa shape index (κ2) is 7.17. The fourth-order valence-corrected chi connectivity index (χ4v) is 2.42. The predicted molar refractivity (Wildman–Crippen MR) is 78.4 cm³/mol. The Balaban J connectivity index is 3.06. The van der Waals surface area contributed by atoms with Crippen LogP contribution in [0.5, 0.6) is 0 Å². The van der Waals surface area contributed by atoms with Gasteiger partial charge in [-0.3, -0.25) is 10.1 Å². The molecule has 100 valence electrons. The topological polar surface area (TPSA) is 66.9 Å². The molecule has 0 saturated heterocycles. The SMILES string of the molecule is CSC(=CCC#N)Cc1cc(Cl)c([N+](=O)[O-])cc1C. The van der Waals surface area contributed by atoms with Crippen molar-refractivity contribution in [3.8, 4) is 6.07 Å². The second-order valence-corrected chi connectivity index (χ2v) is 5.24. The van der Waals surface area contributed by atoms with Crippen molar-refractivity contribution >= 4 is 29.1 Å². The molecule has 1 rings (SSSR count). The number of hydrogen-bond acceptors (Lipinski definition) is 4. The maximum absolute atomic E-state index is 10.8. The minimum Gasteiger partial charge on any atom is -0.258 e. The molecule has 0 aliphatic rings. The normalized spacial score (nSPS) is 11.2. The highest BCUT2D eigenvalue weighted by Crippen LogP contribution is 2.30. The van der Waals surface area contributed by atoms with Gasteiger partial charge in [-0.05, 0) is 35.3 Å². The number of nitrogens with zero attached hydrogens (tertiary/aromatic N) is 2. The maximum atomic E-state index is 10.8. The second-order valence-electron chi connectivity index (χ2n) is 3.90. The molecule has 0 atom stereocenters. The van der Waals surface area contributed by atoms with Crippen LogP contribution in [0.1, 0.15) is 17.5 Å². The van der Waals surface area contributed by atoms with Crippen molar-refractivity contribution in [3.05, 3.63) is 49.4 Å². The quantitative estimate of drug-likeness (QED) is 0.601. The van der Waals surface area contributed by atoms with Gasteiger partial charge in [0.2, 0.25) is 0 Å². The van der Waals surface area contributed by atoms with E-state index >= 15 is 0 Å². The van der Waals surface area contributed by atoms with Crippen molar-refractivity contribution < 1.29 is 4.92 Å². The average molecular weight is 297 g/mol. The third-order valence-corrected chi connectivity index (χ3v) is 3.79. The molecule has 0 bridgehead atoms. The zero-order valence-electron chi connectivity index (χ0n) is 10.6. The van der Waals surface area contributed by atoms with Crippen LogP contribution in [-0.2, 0) is 6.42 Å². The van der Waals surface area contributed by atoms with Gasteiger partial charge in [-0.1, -0.05) is 17.7 Å². The lowest BCUT2D eigenvalue weighted by molar-refractivity contribution is -0.384. The standard InChI is InChI=1S/C13H13ClN2O2S/c1-9-6-13(16(17)18)12(14)8-10(9)7-11(19-2)4-3-5-15/h4,6,8H,3,7H2,1-2H3. The van der Waals surface area contributed by atoms with Crippen molar-refractivity contribution in [2.75, 3.05) is 6.26 Å². The molecule has 0 N–H and O–H groups in total. The number of nitriles is 1. The Morgan fingerprint density at radius 2 is 2.32 bits per heavy atom. The van der Waals surface area contributed by atoms with E-state index in [2.05, 4.69) is 6.07 Å². The van der Waals surface area contributed by atoms with Gasteiger partial charge in [0.15, 0.2) is 0 Å². The summed E-state index contributed by atoms with van der Waals surface area (Å²) in [7, 11) is 0. The fourth-order valence-electron chi connectivity index (χ4n) is 1.61. The van der Waals surface area contributed by atoms with Crippen LogP contribution in [0.2, 0.25) is 5.02 Å². The van der Waals surface area contributed by atoms with E-state index in [9.17, 15) is 10.1 Å². The van der Waals surface area contributed by atoms with Crippen molar-refractivity contribution in [1.82, 2.24) is 0 Å². The summed E-state index contributed by atoms with van der Waals surface area (Å²) >= 11 is 7.47. The molecule has 0 spiro atoms. The molecule has 0 aromatic heterocycles. The van der Waals surface area contributed by atoms with Crippen LogP contribution in [-0.4, -0.2) is 11.2 Å². The first-order valence-electron chi connectivity index (χ1n) is 5.53. The van der Waals surface area contributed by atoms with Gasteiger partial charge in [0.05, 0.1) is 17.4 Å². The number of halogens is 1. The van der Waals surface area contributed by atoms with Gasteiger partial charge in [0.1, 0.15) is 5.02 Å². The lowest BCUT2D eigenvalue weighted by Gasteiger charge is -2.08. The van der Waals surface area contributed by atoms with E-state index in [1.165, 1.54) is 6.07 Å². The van der Waals surface area contributed by atoms with Gasteiger partial charge in [-0.25, -0.2) is 0 Å². The number of allylic oxidation sites excluding steroid dienone is 2. The molecule has 1 aromatic carbocycles. The summed E-state index contributed by atoms with van der Waals surface area (Å²) in [6, 6.07) is 5.18. The molecule has 4 nitrogen and oxygen atoms in total. The highest BCUT2D eigenvalue weighted by molar-refractivity contribution is 8.02. The number of benzene rings is 1. The highest BCUT2D eigenvalue weighted by atomic mass is 35.5. The van der Waals surface area contributed by atoms with E-state index in [4.69, 9.17) is 16.9 Å². The molecule has 0 heterocycles.